The van der Waals surface area contributed by atoms with Gasteiger partial charge in [-0.3, -0.25) is 0 Å². The maximum Gasteiger partial charge on any atom is 0.119 e. The number of aromatic nitrogens is 1. The fourth-order valence-corrected chi connectivity index (χ4v) is 5.17. The van der Waals surface area contributed by atoms with Crippen LogP contribution in [0.4, 0.5) is 0 Å². The second-order valence-electron chi connectivity index (χ2n) is 6.61. The molecule has 1 aliphatic carbocycles. The lowest BCUT2D eigenvalue weighted by atomic mass is 10.0. The monoisotopic (exact) mass is 311 g/mol. The number of hydrogen-bond acceptors (Lipinski definition) is 1. The molecule has 0 unspecified atom stereocenters. The van der Waals surface area contributed by atoms with Gasteiger partial charge in [-0.05, 0) is 48.1 Å². The Kier molecular flexibility index (Phi) is 2.85. The van der Waals surface area contributed by atoms with Gasteiger partial charge in [-0.2, -0.15) is 10.2 Å². The van der Waals surface area contributed by atoms with Crippen LogP contribution in [0.5, 0.6) is 5.75 Å². The van der Waals surface area contributed by atoms with Crippen LogP contribution in [0.25, 0.3) is 22.0 Å². The number of methoxy groups -OCH3 is 1. The van der Waals surface area contributed by atoms with E-state index in [2.05, 4.69) is 65.2 Å². The van der Waals surface area contributed by atoms with E-state index < -0.39 is 10.2 Å². The number of fused-ring (bicyclic) bond motifs is 5. The van der Waals surface area contributed by atoms with Crippen molar-refractivity contribution in [2.24, 2.45) is 0 Å². The van der Waals surface area contributed by atoms with E-state index in [-0.39, 0.29) is 0 Å². The molecule has 0 saturated heterocycles. The van der Waals surface area contributed by atoms with Crippen LogP contribution in [-0.2, 0) is 6.42 Å². The molecule has 3 aromatic rings. The van der Waals surface area contributed by atoms with Crippen LogP contribution in [0, 0.1) is 0 Å². The van der Waals surface area contributed by atoms with E-state index in [1.807, 2.05) is 0 Å². The van der Waals surface area contributed by atoms with Gasteiger partial charge in [-0.1, -0.05) is 24.3 Å². The van der Waals surface area contributed by atoms with Crippen molar-refractivity contribution in [3.63, 3.8) is 0 Å². The third-order valence-electron chi connectivity index (χ3n) is 4.42. The van der Waals surface area contributed by atoms with Gasteiger partial charge in [-0.25, -0.2) is 0 Å². The molecule has 0 fully saturated rings. The molecular formula is C19H21NOS. The molecule has 0 bridgehead atoms. The van der Waals surface area contributed by atoms with Crippen molar-refractivity contribution in [2.45, 2.75) is 6.42 Å². The summed E-state index contributed by atoms with van der Waals surface area (Å²) >= 11 is 0. The van der Waals surface area contributed by atoms with Crippen LogP contribution in [0.2, 0.25) is 0 Å². The number of hydrogen-bond donors (Lipinski definition) is 0. The number of nitrogens with zero attached hydrogens (tertiary/aromatic N) is 1. The fraction of sp³-hybridized carbons (Fsp3) is 0.263. The quantitative estimate of drug-likeness (QED) is 0.524. The summed E-state index contributed by atoms with van der Waals surface area (Å²) in [6.45, 7) is 0. The largest absolute Gasteiger partial charge is 0.497 e. The molecule has 1 heterocycles. The molecule has 2 nitrogen and oxygen atoms in total. The summed E-state index contributed by atoms with van der Waals surface area (Å²) in [6, 6.07) is 15.3. The molecule has 4 rings (SSSR count). The third-order valence-corrected chi connectivity index (χ3v) is 5.93. The van der Waals surface area contributed by atoms with E-state index >= 15 is 0 Å². The lowest BCUT2D eigenvalue weighted by molar-refractivity contribution is 0.415. The molecular weight excluding hydrogens is 290 g/mol. The van der Waals surface area contributed by atoms with Gasteiger partial charge in [0.1, 0.15) is 5.75 Å². The molecule has 1 aromatic heterocycles. The van der Waals surface area contributed by atoms with Gasteiger partial charge in [-0.15, -0.1) is 0 Å². The van der Waals surface area contributed by atoms with Crippen LogP contribution in [-0.4, -0.2) is 29.8 Å². The minimum Gasteiger partial charge on any atom is -0.497 e. The molecule has 0 aliphatic heterocycles. The summed E-state index contributed by atoms with van der Waals surface area (Å²) in [5.74, 6) is 0.931. The van der Waals surface area contributed by atoms with Crippen molar-refractivity contribution in [1.82, 2.24) is 3.97 Å². The average molecular weight is 311 g/mol. The Labute approximate surface area is 133 Å². The Morgan fingerprint density at radius 2 is 1.82 bits per heavy atom. The first-order chi connectivity index (χ1) is 10.5. The summed E-state index contributed by atoms with van der Waals surface area (Å²) in [5, 5.41) is 1.32. The van der Waals surface area contributed by atoms with Crippen molar-refractivity contribution < 1.29 is 4.74 Å². The van der Waals surface area contributed by atoms with E-state index in [4.69, 9.17) is 4.74 Å². The van der Waals surface area contributed by atoms with E-state index in [9.17, 15) is 0 Å². The Morgan fingerprint density at radius 3 is 2.55 bits per heavy atom. The lowest BCUT2D eigenvalue weighted by Gasteiger charge is -2.31. The molecule has 0 radical (unpaired) electrons. The molecule has 3 heteroatoms. The smallest absolute Gasteiger partial charge is 0.119 e. The summed E-state index contributed by atoms with van der Waals surface area (Å²) in [4.78, 5) is 0. The van der Waals surface area contributed by atoms with Gasteiger partial charge in [0.15, 0.2) is 0 Å². The van der Waals surface area contributed by atoms with Gasteiger partial charge in [0, 0.05) is 23.1 Å². The van der Waals surface area contributed by atoms with Crippen LogP contribution in [0.15, 0.2) is 42.5 Å². The molecule has 0 amide bonds. The second kappa shape index (κ2) is 4.56. The summed E-state index contributed by atoms with van der Waals surface area (Å²) < 4.78 is 8.04. The van der Waals surface area contributed by atoms with Crippen LogP contribution < -0.4 is 4.74 Å². The van der Waals surface area contributed by atoms with Gasteiger partial charge in [0.2, 0.25) is 0 Å². The van der Waals surface area contributed by atoms with Crippen molar-refractivity contribution in [3.8, 4) is 16.9 Å². The zero-order chi connectivity index (χ0) is 15.5. The van der Waals surface area contributed by atoms with Crippen LogP contribution in [0.1, 0.15) is 11.3 Å². The molecule has 1 aliphatic rings. The lowest BCUT2D eigenvalue weighted by Crippen LogP contribution is -2.08. The van der Waals surface area contributed by atoms with Crippen molar-refractivity contribution in [1.29, 1.82) is 0 Å². The normalized spacial score (nSPS) is 14.0. The zero-order valence-electron chi connectivity index (χ0n) is 13.5. The second-order valence-corrected chi connectivity index (χ2v) is 10.5. The Morgan fingerprint density at radius 1 is 1.05 bits per heavy atom. The SMILES string of the molecule is COc1ccc2c(c1)c1c(n2S(C)(C)C)Cc2ccccc2-1. The first-order valence-electron chi connectivity index (χ1n) is 7.49. The van der Waals surface area contributed by atoms with E-state index in [1.54, 1.807) is 7.11 Å². The topological polar surface area (TPSA) is 14.2 Å². The molecule has 2 aromatic carbocycles. The predicted molar refractivity (Wildman–Crippen MR) is 97.5 cm³/mol. The highest BCUT2D eigenvalue weighted by Crippen LogP contribution is 2.51. The van der Waals surface area contributed by atoms with Gasteiger partial charge < -0.3 is 8.71 Å². The number of rotatable bonds is 2. The van der Waals surface area contributed by atoms with Crippen molar-refractivity contribution in [2.75, 3.05) is 25.9 Å². The highest BCUT2D eigenvalue weighted by molar-refractivity contribution is 8.31. The van der Waals surface area contributed by atoms with Crippen LogP contribution in [0.3, 0.4) is 0 Å². The maximum atomic E-state index is 5.46. The summed E-state index contributed by atoms with van der Waals surface area (Å²) in [6.07, 6.45) is 8.12. The van der Waals surface area contributed by atoms with Gasteiger partial charge >= 0.3 is 0 Å². The number of ether oxygens (including phenoxy) is 1. The predicted octanol–water partition coefficient (Wildman–Crippen LogP) is 4.68. The maximum absolute atomic E-state index is 5.46. The molecule has 0 saturated carbocycles. The van der Waals surface area contributed by atoms with Crippen molar-refractivity contribution in [3.05, 3.63) is 53.7 Å². The third kappa shape index (κ3) is 1.82. The van der Waals surface area contributed by atoms with Gasteiger partial charge in [0.25, 0.3) is 0 Å². The Bertz CT molecular complexity index is 886. The van der Waals surface area contributed by atoms with E-state index in [1.165, 1.54) is 33.3 Å². The van der Waals surface area contributed by atoms with Crippen LogP contribution >= 0.6 is 10.2 Å². The summed E-state index contributed by atoms with van der Waals surface area (Å²) in [5.41, 5.74) is 7.04. The zero-order valence-corrected chi connectivity index (χ0v) is 14.3. The molecule has 0 spiro atoms. The van der Waals surface area contributed by atoms with Crippen molar-refractivity contribution >= 4 is 21.1 Å². The van der Waals surface area contributed by atoms with Gasteiger partial charge in [0.05, 0.1) is 12.6 Å². The fourth-order valence-electron chi connectivity index (χ4n) is 3.61. The first kappa shape index (κ1) is 13.8. The highest BCUT2D eigenvalue weighted by atomic mass is 32.3. The molecule has 0 atom stereocenters. The molecule has 0 N–H and O–H groups in total. The first-order valence-corrected chi connectivity index (χ1v) is 10.3. The minimum absolute atomic E-state index is 0.873. The Hall–Kier alpha value is -1.87. The standard InChI is InChI=1S/C19H21NOS/c1-21-14-9-10-17-16(12-14)19-15-8-6-5-7-13(15)11-18(19)20(17)22(2,3)4/h5-10,12H,11H2,1-4H3. The highest BCUT2D eigenvalue weighted by Gasteiger charge is 2.29. The van der Waals surface area contributed by atoms with E-state index in [0.29, 0.717) is 0 Å². The molecule has 22 heavy (non-hydrogen) atoms. The molecule has 114 valence electrons. The average Bonchev–Trinajstić information content (AvgIpc) is 2.99. The summed E-state index contributed by atoms with van der Waals surface area (Å²) in [7, 11) is 0.865. The number of benzene rings is 2. The minimum atomic E-state index is -0.873. The Balaban J connectivity index is 2.14. The van der Waals surface area contributed by atoms with E-state index in [0.717, 1.165) is 12.2 Å².